The highest BCUT2D eigenvalue weighted by atomic mass is 16.5. The molecular formula is C16H14N2O2. The summed E-state index contributed by atoms with van der Waals surface area (Å²) in [5.74, 6) is 1.51. The van der Waals surface area contributed by atoms with Crippen molar-refractivity contribution in [3.8, 4) is 22.8 Å². The third kappa shape index (κ3) is 2.16. The van der Waals surface area contributed by atoms with Crippen molar-refractivity contribution in [1.82, 2.24) is 9.97 Å². The molecule has 1 aromatic heterocycles. The predicted octanol–water partition coefficient (Wildman–Crippen LogP) is 3.31. The Bertz CT molecular complexity index is 756. The molecule has 0 fully saturated rings. The number of aromatic nitrogens is 2. The fourth-order valence-corrected chi connectivity index (χ4v) is 2.10. The second-order valence-corrected chi connectivity index (χ2v) is 4.31. The van der Waals surface area contributed by atoms with Crippen LogP contribution in [0, 0.1) is 0 Å². The Morgan fingerprint density at radius 1 is 0.900 bits per heavy atom. The lowest BCUT2D eigenvalue weighted by Gasteiger charge is -2.10. The van der Waals surface area contributed by atoms with Gasteiger partial charge in [0.25, 0.3) is 0 Å². The van der Waals surface area contributed by atoms with Gasteiger partial charge >= 0.3 is 0 Å². The van der Waals surface area contributed by atoms with E-state index in [1.165, 1.54) is 0 Å². The molecule has 20 heavy (non-hydrogen) atoms. The Balaban J connectivity index is 2.18. The molecule has 3 aromatic rings. The van der Waals surface area contributed by atoms with E-state index in [2.05, 4.69) is 9.97 Å². The number of fused-ring (bicyclic) bond motifs is 1. The van der Waals surface area contributed by atoms with E-state index in [4.69, 9.17) is 9.47 Å². The molecule has 4 nitrogen and oxygen atoms in total. The van der Waals surface area contributed by atoms with Gasteiger partial charge in [0.15, 0.2) is 0 Å². The first-order valence-corrected chi connectivity index (χ1v) is 6.26. The van der Waals surface area contributed by atoms with Crippen LogP contribution in [0.3, 0.4) is 0 Å². The number of hydrogen-bond donors (Lipinski definition) is 0. The second-order valence-electron chi connectivity index (χ2n) is 4.31. The van der Waals surface area contributed by atoms with Crippen LogP contribution in [0.2, 0.25) is 0 Å². The molecule has 0 saturated carbocycles. The van der Waals surface area contributed by atoms with Gasteiger partial charge in [-0.05, 0) is 30.3 Å². The summed E-state index contributed by atoms with van der Waals surface area (Å²) in [6.07, 6.45) is 1.75. The summed E-state index contributed by atoms with van der Waals surface area (Å²) >= 11 is 0. The third-order valence-electron chi connectivity index (χ3n) is 3.13. The van der Waals surface area contributed by atoms with Gasteiger partial charge in [-0.3, -0.25) is 4.98 Å². The number of ether oxygens (including phenoxy) is 2. The Morgan fingerprint density at radius 3 is 2.45 bits per heavy atom. The van der Waals surface area contributed by atoms with Crippen molar-refractivity contribution in [2.45, 2.75) is 0 Å². The third-order valence-corrected chi connectivity index (χ3v) is 3.13. The molecule has 0 N–H and O–H groups in total. The molecule has 0 bridgehead atoms. The molecule has 0 saturated heterocycles. The second kappa shape index (κ2) is 5.17. The Labute approximate surface area is 117 Å². The van der Waals surface area contributed by atoms with Crippen LogP contribution in [-0.4, -0.2) is 24.2 Å². The van der Waals surface area contributed by atoms with E-state index in [0.717, 1.165) is 33.8 Å². The van der Waals surface area contributed by atoms with Crippen molar-refractivity contribution >= 4 is 11.0 Å². The Morgan fingerprint density at radius 2 is 1.70 bits per heavy atom. The van der Waals surface area contributed by atoms with E-state index in [1.807, 2.05) is 42.5 Å². The van der Waals surface area contributed by atoms with Crippen molar-refractivity contribution in [3.63, 3.8) is 0 Å². The van der Waals surface area contributed by atoms with Crippen LogP contribution < -0.4 is 9.47 Å². The van der Waals surface area contributed by atoms with E-state index in [9.17, 15) is 0 Å². The average Bonchev–Trinajstić information content (AvgIpc) is 2.53. The van der Waals surface area contributed by atoms with Crippen molar-refractivity contribution in [2.24, 2.45) is 0 Å². The quantitative estimate of drug-likeness (QED) is 0.729. The number of hydrogen-bond acceptors (Lipinski definition) is 4. The van der Waals surface area contributed by atoms with Gasteiger partial charge in [-0.2, -0.15) is 0 Å². The molecule has 0 radical (unpaired) electrons. The summed E-state index contributed by atoms with van der Waals surface area (Å²) in [5, 5.41) is 0. The molecule has 2 aromatic carbocycles. The molecule has 3 rings (SSSR count). The summed E-state index contributed by atoms with van der Waals surface area (Å²) in [5.41, 5.74) is 3.36. The van der Waals surface area contributed by atoms with Crippen LogP contribution in [0.15, 0.2) is 48.7 Å². The van der Waals surface area contributed by atoms with E-state index >= 15 is 0 Å². The van der Waals surface area contributed by atoms with Crippen LogP contribution in [0.5, 0.6) is 11.5 Å². The monoisotopic (exact) mass is 266 g/mol. The lowest BCUT2D eigenvalue weighted by Crippen LogP contribution is -1.93. The van der Waals surface area contributed by atoms with Gasteiger partial charge in [0.05, 0.1) is 37.1 Å². The first kappa shape index (κ1) is 12.4. The molecule has 1 heterocycles. The standard InChI is InChI=1S/C16H14N2O2/c1-19-11-7-8-16(20-2)12(9-11)15-10-17-13-5-3-4-6-14(13)18-15/h3-10H,1-2H3. The lowest BCUT2D eigenvalue weighted by molar-refractivity contribution is 0.404. The van der Waals surface area contributed by atoms with Gasteiger partial charge in [-0.25, -0.2) is 4.98 Å². The maximum absolute atomic E-state index is 5.39. The maximum atomic E-state index is 5.39. The summed E-state index contributed by atoms with van der Waals surface area (Å²) in [6, 6.07) is 13.4. The largest absolute Gasteiger partial charge is 0.497 e. The summed E-state index contributed by atoms with van der Waals surface area (Å²) in [4.78, 5) is 9.06. The summed E-state index contributed by atoms with van der Waals surface area (Å²) in [6.45, 7) is 0. The highest BCUT2D eigenvalue weighted by Crippen LogP contribution is 2.32. The van der Waals surface area contributed by atoms with E-state index in [-0.39, 0.29) is 0 Å². The normalized spacial score (nSPS) is 10.5. The van der Waals surface area contributed by atoms with Gasteiger partial charge in [0, 0.05) is 5.56 Å². The minimum absolute atomic E-state index is 0.746. The van der Waals surface area contributed by atoms with Gasteiger partial charge in [0.2, 0.25) is 0 Å². The summed E-state index contributed by atoms with van der Waals surface area (Å²) < 4.78 is 10.6. The number of rotatable bonds is 3. The van der Waals surface area contributed by atoms with Crippen molar-refractivity contribution in [3.05, 3.63) is 48.7 Å². The van der Waals surface area contributed by atoms with E-state index in [0.29, 0.717) is 0 Å². The maximum Gasteiger partial charge on any atom is 0.128 e. The number of nitrogens with zero attached hydrogens (tertiary/aromatic N) is 2. The first-order chi connectivity index (χ1) is 9.81. The Hall–Kier alpha value is -2.62. The zero-order valence-electron chi connectivity index (χ0n) is 11.3. The fourth-order valence-electron chi connectivity index (χ4n) is 2.10. The van der Waals surface area contributed by atoms with Gasteiger partial charge in [-0.1, -0.05) is 12.1 Å². The molecule has 100 valence electrons. The lowest BCUT2D eigenvalue weighted by atomic mass is 10.1. The van der Waals surface area contributed by atoms with Crippen LogP contribution >= 0.6 is 0 Å². The number of methoxy groups -OCH3 is 2. The number of benzene rings is 2. The number of para-hydroxylation sites is 2. The van der Waals surface area contributed by atoms with Crippen LogP contribution in [0.25, 0.3) is 22.3 Å². The average molecular weight is 266 g/mol. The minimum atomic E-state index is 0.746. The van der Waals surface area contributed by atoms with Crippen molar-refractivity contribution in [2.75, 3.05) is 14.2 Å². The van der Waals surface area contributed by atoms with Crippen LogP contribution in [0.1, 0.15) is 0 Å². The molecule has 0 aliphatic carbocycles. The summed E-state index contributed by atoms with van der Waals surface area (Å²) in [7, 11) is 3.28. The van der Waals surface area contributed by atoms with E-state index in [1.54, 1.807) is 20.4 Å². The minimum Gasteiger partial charge on any atom is -0.497 e. The van der Waals surface area contributed by atoms with Crippen LogP contribution in [-0.2, 0) is 0 Å². The molecule has 0 atom stereocenters. The van der Waals surface area contributed by atoms with Gasteiger partial charge in [0.1, 0.15) is 11.5 Å². The molecule has 0 unspecified atom stereocenters. The van der Waals surface area contributed by atoms with Crippen molar-refractivity contribution < 1.29 is 9.47 Å². The SMILES string of the molecule is COc1ccc(OC)c(-c2cnc3ccccc3n2)c1. The highest BCUT2D eigenvalue weighted by Gasteiger charge is 2.10. The van der Waals surface area contributed by atoms with E-state index < -0.39 is 0 Å². The molecule has 0 amide bonds. The van der Waals surface area contributed by atoms with Gasteiger partial charge < -0.3 is 9.47 Å². The molecule has 0 aliphatic rings. The highest BCUT2D eigenvalue weighted by molar-refractivity contribution is 5.78. The molecule has 0 spiro atoms. The zero-order chi connectivity index (χ0) is 13.9. The zero-order valence-corrected chi connectivity index (χ0v) is 11.3. The Kier molecular flexibility index (Phi) is 3.21. The smallest absolute Gasteiger partial charge is 0.128 e. The molecular weight excluding hydrogens is 252 g/mol. The fraction of sp³-hybridized carbons (Fsp3) is 0.125. The predicted molar refractivity (Wildman–Crippen MR) is 78.1 cm³/mol. The van der Waals surface area contributed by atoms with Crippen molar-refractivity contribution in [1.29, 1.82) is 0 Å². The van der Waals surface area contributed by atoms with Gasteiger partial charge in [-0.15, -0.1) is 0 Å². The first-order valence-electron chi connectivity index (χ1n) is 6.26. The molecule has 4 heteroatoms. The van der Waals surface area contributed by atoms with Crippen LogP contribution in [0.4, 0.5) is 0 Å². The topological polar surface area (TPSA) is 44.2 Å². The molecule has 0 aliphatic heterocycles.